The van der Waals surface area contributed by atoms with Crippen LogP contribution in [0.1, 0.15) is 0 Å². The van der Waals surface area contributed by atoms with Gasteiger partial charge in [-0.2, -0.15) is 5.10 Å². The third-order valence-corrected chi connectivity index (χ3v) is 2.44. The molecule has 17 heavy (non-hydrogen) atoms. The van der Waals surface area contributed by atoms with E-state index in [-0.39, 0.29) is 5.88 Å². The van der Waals surface area contributed by atoms with Crippen molar-refractivity contribution in [2.24, 2.45) is 12.8 Å². The Morgan fingerprint density at radius 1 is 1.59 bits per heavy atom. The van der Waals surface area contributed by atoms with Crippen LogP contribution in [0.25, 0.3) is 11.4 Å². The molecule has 0 radical (unpaired) electrons. The van der Waals surface area contributed by atoms with Gasteiger partial charge in [0.2, 0.25) is 5.88 Å². The summed E-state index contributed by atoms with van der Waals surface area (Å²) in [4.78, 5) is 14.4. The van der Waals surface area contributed by atoms with Crippen LogP contribution in [0.15, 0.2) is 18.3 Å². The number of nitrogens with one attached hydrogen (secondary N) is 1. The summed E-state index contributed by atoms with van der Waals surface area (Å²) in [5.41, 5.74) is 5.61. The molecule has 0 aliphatic heterocycles. The minimum absolute atomic E-state index is 0.137. The Morgan fingerprint density at radius 3 is 2.82 bits per heavy atom. The molecule has 0 aromatic carbocycles. The molecule has 0 bridgehead atoms. The van der Waals surface area contributed by atoms with Crippen molar-refractivity contribution in [3.8, 4) is 17.3 Å². The fourth-order valence-electron chi connectivity index (χ4n) is 1.28. The van der Waals surface area contributed by atoms with Crippen LogP contribution in [-0.4, -0.2) is 25.8 Å². The summed E-state index contributed by atoms with van der Waals surface area (Å²) < 4.78 is 6.83. The van der Waals surface area contributed by atoms with Crippen LogP contribution in [0.5, 0.6) is 5.88 Å². The highest BCUT2D eigenvalue weighted by Gasteiger charge is 2.07. The number of H-pyrrole nitrogens is 1. The molecule has 2 heterocycles. The molecular formula is C9H9N5O2S. The van der Waals surface area contributed by atoms with E-state index in [1.807, 2.05) is 0 Å². The highest BCUT2D eigenvalue weighted by atomic mass is 32.1. The van der Waals surface area contributed by atoms with Crippen molar-refractivity contribution in [2.45, 2.75) is 0 Å². The van der Waals surface area contributed by atoms with Gasteiger partial charge >= 0.3 is 6.09 Å². The molecule has 2 rings (SSSR count). The lowest BCUT2D eigenvalue weighted by molar-refractivity contribution is 0.209. The van der Waals surface area contributed by atoms with Gasteiger partial charge in [-0.3, -0.25) is 5.10 Å². The summed E-state index contributed by atoms with van der Waals surface area (Å²) in [5, 5.41) is 6.71. The predicted molar refractivity (Wildman–Crippen MR) is 61.8 cm³/mol. The number of nitrogens with zero attached hydrogens (tertiary/aromatic N) is 3. The Kier molecular flexibility index (Phi) is 2.88. The second-order valence-electron chi connectivity index (χ2n) is 3.22. The third kappa shape index (κ3) is 2.31. The average Bonchev–Trinajstić information content (AvgIpc) is 2.60. The van der Waals surface area contributed by atoms with Crippen LogP contribution in [0.3, 0.4) is 0 Å². The van der Waals surface area contributed by atoms with E-state index >= 15 is 0 Å². The Morgan fingerprint density at radius 2 is 2.35 bits per heavy atom. The van der Waals surface area contributed by atoms with Crippen LogP contribution >= 0.6 is 12.2 Å². The van der Waals surface area contributed by atoms with E-state index in [4.69, 9.17) is 18.0 Å². The zero-order valence-electron chi connectivity index (χ0n) is 8.88. The number of aromatic nitrogens is 4. The van der Waals surface area contributed by atoms with E-state index in [9.17, 15) is 4.79 Å². The van der Waals surface area contributed by atoms with E-state index in [1.165, 1.54) is 12.3 Å². The molecule has 0 saturated heterocycles. The molecule has 0 atom stereocenters. The highest BCUT2D eigenvalue weighted by molar-refractivity contribution is 7.71. The summed E-state index contributed by atoms with van der Waals surface area (Å²) in [6, 6.07) is 3.23. The van der Waals surface area contributed by atoms with E-state index in [0.29, 0.717) is 10.6 Å². The third-order valence-electron chi connectivity index (χ3n) is 2.08. The molecule has 8 heteroatoms. The number of rotatable bonds is 2. The number of amides is 1. The molecule has 2 aromatic rings. The standard InChI is InChI=1S/C9H9N5O2S/c1-14-7(12-13-9(14)17)5-2-3-6(11-4-5)16-8(10)15/h2-4H,1H3,(H2,10,15)(H,13,17). The number of carbonyl (C=O) groups excluding carboxylic acids is 1. The fourth-order valence-corrected chi connectivity index (χ4v) is 1.41. The van der Waals surface area contributed by atoms with Crippen LogP contribution in [0.2, 0.25) is 0 Å². The van der Waals surface area contributed by atoms with E-state index in [0.717, 1.165) is 5.56 Å². The van der Waals surface area contributed by atoms with Crippen molar-refractivity contribution in [1.29, 1.82) is 0 Å². The Bertz CT molecular complexity index is 601. The summed E-state index contributed by atoms with van der Waals surface area (Å²) in [6.45, 7) is 0. The molecule has 0 aliphatic rings. The number of hydrogen-bond donors (Lipinski definition) is 2. The number of primary amides is 1. The Labute approximate surface area is 101 Å². The molecular weight excluding hydrogens is 242 g/mol. The van der Waals surface area contributed by atoms with E-state index in [2.05, 4.69) is 19.9 Å². The molecule has 3 N–H and O–H groups in total. The van der Waals surface area contributed by atoms with Crippen molar-refractivity contribution in [3.05, 3.63) is 23.1 Å². The molecule has 1 amide bonds. The van der Waals surface area contributed by atoms with Gasteiger partial charge in [0.05, 0.1) is 0 Å². The molecule has 0 aliphatic carbocycles. The minimum atomic E-state index is -0.900. The molecule has 0 saturated carbocycles. The molecule has 0 fully saturated rings. The van der Waals surface area contributed by atoms with Crippen molar-refractivity contribution in [3.63, 3.8) is 0 Å². The zero-order valence-corrected chi connectivity index (χ0v) is 9.69. The van der Waals surface area contributed by atoms with Gasteiger partial charge in [0, 0.05) is 24.9 Å². The van der Waals surface area contributed by atoms with E-state index in [1.54, 1.807) is 17.7 Å². The number of aromatic amines is 1. The summed E-state index contributed by atoms with van der Waals surface area (Å²) in [5.74, 6) is 0.783. The Balaban J connectivity index is 2.32. The van der Waals surface area contributed by atoms with Crippen LogP contribution < -0.4 is 10.5 Å². The van der Waals surface area contributed by atoms with Crippen molar-refractivity contribution in [1.82, 2.24) is 19.7 Å². The van der Waals surface area contributed by atoms with Crippen LogP contribution in [-0.2, 0) is 7.05 Å². The number of nitrogens with two attached hydrogens (primary N) is 1. The molecule has 0 unspecified atom stereocenters. The number of pyridine rings is 1. The SMILES string of the molecule is Cn1c(-c2ccc(OC(N)=O)nc2)n[nH]c1=S. The smallest absolute Gasteiger partial charge is 0.391 e. The second kappa shape index (κ2) is 4.34. The lowest BCUT2D eigenvalue weighted by Gasteiger charge is -2.02. The molecule has 7 nitrogen and oxygen atoms in total. The summed E-state index contributed by atoms with van der Waals surface area (Å²) in [6.07, 6.45) is 0.617. The van der Waals surface area contributed by atoms with Gasteiger partial charge in [0.25, 0.3) is 0 Å². The first kappa shape index (κ1) is 11.3. The van der Waals surface area contributed by atoms with Crippen molar-refractivity contribution >= 4 is 18.3 Å². The second-order valence-corrected chi connectivity index (χ2v) is 3.60. The lowest BCUT2D eigenvalue weighted by atomic mass is 10.3. The maximum absolute atomic E-state index is 10.5. The summed E-state index contributed by atoms with van der Waals surface area (Å²) >= 11 is 5.00. The zero-order chi connectivity index (χ0) is 12.4. The molecule has 0 spiro atoms. The first-order chi connectivity index (χ1) is 8.08. The van der Waals surface area contributed by atoms with Gasteiger partial charge < -0.3 is 15.0 Å². The maximum atomic E-state index is 10.5. The monoisotopic (exact) mass is 251 g/mol. The topological polar surface area (TPSA) is 98.8 Å². The fraction of sp³-hybridized carbons (Fsp3) is 0.111. The van der Waals surface area contributed by atoms with Gasteiger partial charge in [0.15, 0.2) is 10.6 Å². The minimum Gasteiger partial charge on any atom is -0.391 e. The summed E-state index contributed by atoms with van der Waals surface area (Å²) in [7, 11) is 1.79. The average molecular weight is 251 g/mol. The predicted octanol–water partition coefficient (Wildman–Crippen LogP) is 0.997. The maximum Gasteiger partial charge on any atom is 0.411 e. The first-order valence-corrected chi connectivity index (χ1v) is 5.04. The molecule has 2 aromatic heterocycles. The van der Waals surface area contributed by atoms with Crippen molar-refractivity contribution in [2.75, 3.05) is 0 Å². The van der Waals surface area contributed by atoms with Gasteiger partial charge in [-0.1, -0.05) is 0 Å². The number of ether oxygens (including phenoxy) is 1. The van der Waals surface area contributed by atoms with Gasteiger partial charge in [-0.05, 0) is 18.3 Å². The normalized spacial score (nSPS) is 10.2. The van der Waals surface area contributed by atoms with Crippen LogP contribution in [0.4, 0.5) is 4.79 Å². The Hall–Kier alpha value is -2.22. The van der Waals surface area contributed by atoms with E-state index < -0.39 is 6.09 Å². The largest absolute Gasteiger partial charge is 0.411 e. The number of hydrogen-bond acceptors (Lipinski definition) is 5. The van der Waals surface area contributed by atoms with Gasteiger partial charge in [-0.15, -0.1) is 0 Å². The first-order valence-electron chi connectivity index (χ1n) is 4.63. The van der Waals surface area contributed by atoms with Gasteiger partial charge in [-0.25, -0.2) is 9.78 Å². The number of carbonyl (C=O) groups is 1. The lowest BCUT2D eigenvalue weighted by Crippen LogP contribution is -2.16. The highest BCUT2D eigenvalue weighted by Crippen LogP contribution is 2.17. The quantitative estimate of drug-likeness (QED) is 0.776. The molecule has 88 valence electrons. The van der Waals surface area contributed by atoms with Crippen molar-refractivity contribution < 1.29 is 9.53 Å². The van der Waals surface area contributed by atoms with Gasteiger partial charge in [0.1, 0.15) is 0 Å². The van der Waals surface area contributed by atoms with Crippen LogP contribution in [0, 0.1) is 4.77 Å².